The second kappa shape index (κ2) is 5.36. The van der Waals surface area contributed by atoms with E-state index in [2.05, 4.69) is 15.5 Å². The molecule has 4 nitrogen and oxygen atoms in total. The molecule has 1 aromatic heterocycles. The fraction of sp³-hybridized carbons (Fsp3) is 0.267. The molecule has 0 aliphatic carbocycles. The molecule has 2 atom stereocenters. The molecule has 0 spiro atoms. The Kier molecular flexibility index (Phi) is 3.41. The zero-order valence-electron chi connectivity index (χ0n) is 10.8. The first kappa shape index (κ1) is 12.7. The molecule has 1 saturated heterocycles. The summed E-state index contributed by atoms with van der Waals surface area (Å²) in [6, 6.07) is 9.99. The standard InChI is InChI=1S/C15H14FN3O/c16-11-5-3-10(4-6-11)15(12-7-8-14(20)18-12)13-2-1-9-17-19-13/h1-6,9,12,15H,7-8H2,(H,18,20)/t12-,15-/m1/s1. The van der Waals surface area contributed by atoms with Crippen LogP contribution >= 0.6 is 0 Å². The van der Waals surface area contributed by atoms with Crippen LogP contribution in [0, 0.1) is 5.82 Å². The molecule has 20 heavy (non-hydrogen) atoms. The molecule has 2 heterocycles. The molecule has 1 aliphatic heterocycles. The van der Waals surface area contributed by atoms with E-state index < -0.39 is 0 Å². The molecule has 0 bridgehead atoms. The maximum atomic E-state index is 13.1. The van der Waals surface area contributed by atoms with Crippen molar-refractivity contribution < 1.29 is 9.18 Å². The first-order chi connectivity index (χ1) is 9.74. The lowest BCUT2D eigenvalue weighted by molar-refractivity contribution is -0.119. The van der Waals surface area contributed by atoms with Gasteiger partial charge in [-0.15, -0.1) is 0 Å². The topological polar surface area (TPSA) is 54.9 Å². The Bertz CT molecular complexity index is 600. The highest BCUT2D eigenvalue weighted by molar-refractivity contribution is 5.78. The first-order valence-electron chi connectivity index (χ1n) is 6.56. The van der Waals surface area contributed by atoms with Gasteiger partial charge in [-0.25, -0.2) is 4.39 Å². The monoisotopic (exact) mass is 271 g/mol. The minimum Gasteiger partial charge on any atom is -0.352 e. The lowest BCUT2D eigenvalue weighted by Gasteiger charge is -2.23. The molecule has 102 valence electrons. The fourth-order valence-electron chi connectivity index (χ4n) is 2.65. The minimum absolute atomic E-state index is 0.0235. The number of hydrogen-bond donors (Lipinski definition) is 1. The summed E-state index contributed by atoms with van der Waals surface area (Å²) in [4.78, 5) is 11.5. The normalized spacial score (nSPS) is 19.6. The number of carbonyl (C=O) groups excluding carboxylic acids is 1. The van der Waals surface area contributed by atoms with Crippen molar-refractivity contribution >= 4 is 5.91 Å². The largest absolute Gasteiger partial charge is 0.352 e. The number of aromatic nitrogens is 2. The average molecular weight is 271 g/mol. The van der Waals surface area contributed by atoms with Crippen LogP contribution < -0.4 is 5.32 Å². The Balaban J connectivity index is 1.99. The molecule has 1 aromatic carbocycles. The summed E-state index contributed by atoms with van der Waals surface area (Å²) in [5.41, 5.74) is 1.71. The molecule has 1 fully saturated rings. The molecule has 0 radical (unpaired) electrons. The number of rotatable bonds is 3. The molecule has 1 aliphatic rings. The highest BCUT2D eigenvalue weighted by Gasteiger charge is 2.32. The van der Waals surface area contributed by atoms with E-state index in [0.29, 0.717) is 6.42 Å². The third-order valence-electron chi connectivity index (χ3n) is 3.57. The van der Waals surface area contributed by atoms with Gasteiger partial charge >= 0.3 is 0 Å². The number of carbonyl (C=O) groups is 1. The SMILES string of the molecule is O=C1CC[C@H]([C@@H](c2ccc(F)cc2)c2cccnn2)N1. The second-order valence-electron chi connectivity index (χ2n) is 4.89. The third kappa shape index (κ3) is 2.52. The van der Waals surface area contributed by atoms with Crippen molar-refractivity contribution in [1.82, 2.24) is 15.5 Å². The predicted molar refractivity (Wildman–Crippen MR) is 71.4 cm³/mol. The molecular weight excluding hydrogens is 257 g/mol. The number of nitrogens with zero attached hydrogens (tertiary/aromatic N) is 2. The van der Waals surface area contributed by atoms with Gasteiger partial charge in [-0.1, -0.05) is 12.1 Å². The number of benzene rings is 1. The van der Waals surface area contributed by atoms with E-state index >= 15 is 0 Å². The molecule has 3 rings (SSSR count). The summed E-state index contributed by atoms with van der Waals surface area (Å²) in [5.74, 6) is -0.330. The van der Waals surface area contributed by atoms with Crippen molar-refractivity contribution in [2.45, 2.75) is 24.8 Å². The van der Waals surface area contributed by atoms with Crippen molar-refractivity contribution in [3.05, 3.63) is 59.7 Å². The van der Waals surface area contributed by atoms with Crippen molar-refractivity contribution in [1.29, 1.82) is 0 Å². The molecule has 5 heteroatoms. The predicted octanol–water partition coefficient (Wildman–Crippen LogP) is 2.03. The van der Waals surface area contributed by atoms with Gasteiger partial charge in [0.25, 0.3) is 0 Å². The smallest absolute Gasteiger partial charge is 0.220 e. The van der Waals surface area contributed by atoms with Crippen LogP contribution in [0.4, 0.5) is 4.39 Å². The van der Waals surface area contributed by atoms with Crippen LogP contribution in [0.15, 0.2) is 42.6 Å². The Morgan fingerprint density at radius 2 is 2.05 bits per heavy atom. The van der Waals surface area contributed by atoms with E-state index in [1.54, 1.807) is 18.3 Å². The Morgan fingerprint density at radius 1 is 1.25 bits per heavy atom. The van der Waals surface area contributed by atoms with Crippen LogP contribution in [0.25, 0.3) is 0 Å². The van der Waals surface area contributed by atoms with Crippen LogP contribution in [0.1, 0.15) is 30.0 Å². The highest BCUT2D eigenvalue weighted by atomic mass is 19.1. The van der Waals surface area contributed by atoms with E-state index in [9.17, 15) is 9.18 Å². The van der Waals surface area contributed by atoms with E-state index in [0.717, 1.165) is 17.7 Å². The number of nitrogens with one attached hydrogen (secondary N) is 1. The number of halogens is 1. The summed E-state index contributed by atoms with van der Waals surface area (Å²) in [6.07, 6.45) is 2.87. The second-order valence-corrected chi connectivity index (χ2v) is 4.89. The summed E-state index contributed by atoms with van der Waals surface area (Å²) in [5, 5.41) is 11.0. The van der Waals surface area contributed by atoms with Gasteiger partial charge in [-0.05, 0) is 36.2 Å². The number of hydrogen-bond acceptors (Lipinski definition) is 3. The van der Waals surface area contributed by atoms with Crippen molar-refractivity contribution in [3.8, 4) is 0 Å². The van der Waals surface area contributed by atoms with Crippen molar-refractivity contribution in [2.24, 2.45) is 0 Å². The van der Waals surface area contributed by atoms with E-state index in [1.807, 2.05) is 12.1 Å². The third-order valence-corrected chi connectivity index (χ3v) is 3.57. The van der Waals surface area contributed by atoms with Gasteiger partial charge in [-0.2, -0.15) is 10.2 Å². The Labute approximate surface area is 116 Å². The van der Waals surface area contributed by atoms with Gasteiger partial charge in [0.05, 0.1) is 5.69 Å². The lowest BCUT2D eigenvalue weighted by atomic mass is 9.87. The van der Waals surface area contributed by atoms with Crippen LogP contribution in [0.2, 0.25) is 0 Å². The van der Waals surface area contributed by atoms with Gasteiger partial charge in [0.2, 0.25) is 5.91 Å². The van der Waals surface area contributed by atoms with Crippen LogP contribution in [0.5, 0.6) is 0 Å². The van der Waals surface area contributed by atoms with E-state index in [1.165, 1.54) is 12.1 Å². The molecule has 2 aromatic rings. The van der Waals surface area contributed by atoms with Crippen LogP contribution in [-0.2, 0) is 4.79 Å². The molecule has 1 amide bonds. The quantitative estimate of drug-likeness (QED) is 0.929. The molecule has 0 saturated carbocycles. The van der Waals surface area contributed by atoms with Gasteiger partial charge in [0.1, 0.15) is 5.82 Å². The highest BCUT2D eigenvalue weighted by Crippen LogP contribution is 2.31. The van der Waals surface area contributed by atoms with Gasteiger partial charge in [-0.3, -0.25) is 4.79 Å². The minimum atomic E-state index is -0.276. The fourth-order valence-corrected chi connectivity index (χ4v) is 2.65. The summed E-state index contributed by atoms with van der Waals surface area (Å²) >= 11 is 0. The van der Waals surface area contributed by atoms with Crippen LogP contribution in [0.3, 0.4) is 0 Å². The summed E-state index contributed by atoms with van der Waals surface area (Å²) < 4.78 is 13.1. The molecule has 0 unspecified atom stereocenters. The average Bonchev–Trinajstić information content (AvgIpc) is 2.89. The van der Waals surface area contributed by atoms with E-state index in [4.69, 9.17) is 0 Å². The Hall–Kier alpha value is -2.30. The number of amides is 1. The van der Waals surface area contributed by atoms with Crippen molar-refractivity contribution in [3.63, 3.8) is 0 Å². The molecular formula is C15H14FN3O. The van der Waals surface area contributed by atoms with Gasteiger partial charge in [0, 0.05) is 24.6 Å². The summed E-state index contributed by atoms with van der Waals surface area (Å²) in [6.45, 7) is 0. The zero-order chi connectivity index (χ0) is 13.9. The molecule has 1 N–H and O–H groups in total. The zero-order valence-corrected chi connectivity index (χ0v) is 10.8. The van der Waals surface area contributed by atoms with Gasteiger partial charge < -0.3 is 5.32 Å². The maximum absolute atomic E-state index is 13.1. The Morgan fingerprint density at radius 3 is 2.65 bits per heavy atom. The first-order valence-corrected chi connectivity index (χ1v) is 6.56. The van der Waals surface area contributed by atoms with Crippen molar-refractivity contribution in [2.75, 3.05) is 0 Å². The van der Waals surface area contributed by atoms with E-state index in [-0.39, 0.29) is 23.7 Å². The summed E-state index contributed by atoms with van der Waals surface area (Å²) in [7, 11) is 0. The van der Waals surface area contributed by atoms with Crippen LogP contribution in [-0.4, -0.2) is 22.1 Å². The lowest BCUT2D eigenvalue weighted by Crippen LogP contribution is -2.32. The van der Waals surface area contributed by atoms with Gasteiger partial charge in [0.15, 0.2) is 0 Å². The maximum Gasteiger partial charge on any atom is 0.220 e.